The fraction of sp³-hybridized carbons (Fsp3) is 0.600. The van der Waals surface area contributed by atoms with Crippen LogP contribution in [-0.2, 0) is 16.1 Å². The van der Waals surface area contributed by atoms with Crippen molar-refractivity contribution in [3.8, 4) is 0 Å². The van der Waals surface area contributed by atoms with Crippen molar-refractivity contribution in [3.05, 3.63) is 21.4 Å². The highest BCUT2D eigenvalue weighted by molar-refractivity contribution is 7.12. The lowest BCUT2D eigenvalue weighted by Gasteiger charge is -2.25. The van der Waals surface area contributed by atoms with Crippen LogP contribution in [0.25, 0.3) is 0 Å². The summed E-state index contributed by atoms with van der Waals surface area (Å²) in [6.45, 7) is 8.20. The Balaban J connectivity index is 2.61. The number of hydrogen-bond acceptors (Lipinski definition) is 3. The van der Waals surface area contributed by atoms with Crippen molar-refractivity contribution in [1.82, 2.24) is 5.32 Å². The SMILES string of the molecule is CCC(CC)(CC(=O)NCc1cc(C)c(C)s1)C(=O)O. The van der Waals surface area contributed by atoms with Crippen molar-refractivity contribution in [2.24, 2.45) is 5.41 Å². The third-order valence-corrected chi connectivity index (χ3v) is 5.14. The van der Waals surface area contributed by atoms with Crippen LogP contribution in [0.2, 0.25) is 0 Å². The molecule has 0 aromatic carbocycles. The van der Waals surface area contributed by atoms with Crippen LogP contribution in [-0.4, -0.2) is 17.0 Å². The fourth-order valence-corrected chi connectivity index (χ4v) is 3.16. The van der Waals surface area contributed by atoms with Crippen LogP contribution < -0.4 is 5.32 Å². The summed E-state index contributed by atoms with van der Waals surface area (Å²) in [5, 5.41) is 12.1. The number of carbonyl (C=O) groups is 2. The average Bonchev–Trinajstić information content (AvgIpc) is 2.72. The van der Waals surface area contributed by atoms with Gasteiger partial charge in [0.25, 0.3) is 0 Å². The number of carbonyl (C=O) groups excluding carboxylic acids is 1. The van der Waals surface area contributed by atoms with Gasteiger partial charge in [-0.2, -0.15) is 0 Å². The van der Waals surface area contributed by atoms with E-state index in [-0.39, 0.29) is 12.3 Å². The van der Waals surface area contributed by atoms with E-state index < -0.39 is 11.4 Å². The maximum Gasteiger partial charge on any atom is 0.310 e. The molecule has 1 aromatic rings. The predicted octanol–water partition coefficient (Wildman–Crippen LogP) is 3.26. The first-order chi connectivity index (χ1) is 9.34. The van der Waals surface area contributed by atoms with E-state index >= 15 is 0 Å². The van der Waals surface area contributed by atoms with Crippen LogP contribution in [0, 0.1) is 19.3 Å². The van der Waals surface area contributed by atoms with Crippen LogP contribution in [0.5, 0.6) is 0 Å². The Morgan fingerprint density at radius 3 is 2.30 bits per heavy atom. The van der Waals surface area contributed by atoms with Crippen molar-refractivity contribution < 1.29 is 14.7 Å². The van der Waals surface area contributed by atoms with Gasteiger partial charge >= 0.3 is 5.97 Å². The normalized spacial score (nSPS) is 11.4. The van der Waals surface area contributed by atoms with E-state index in [4.69, 9.17) is 0 Å². The first-order valence-corrected chi connectivity index (χ1v) is 7.72. The number of amides is 1. The van der Waals surface area contributed by atoms with E-state index in [1.807, 2.05) is 20.8 Å². The maximum absolute atomic E-state index is 12.0. The molecule has 5 heteroatoms. The average molecular weight is 297 g/mol. The van der Waals surface area contributed by atoms with Crippen molar-refractivity contribution in [2.75, 3.05) is 0 Å². The van der Waals surface area contributed by atoms with Crippen molar-refractivity contribution in [2.45, 2.75) is 53.5 Å². The Bertz CT molecular complexity index is 470. The maximum atomic E-state index is 12.0. The van der Waals surface area contributed by atoms with Gasteiger partial charge in [0.2, 0.25) is 5.91 Å². The Labute approximate surface area is 124 Å². The molecule has 0 aliphatic heterocycles. The van der Waals surface area contributed by atoms with Gasteiger partial charge in [-0.15, -0.1) is 11.3 Å². The zero-order chi connectivity index (χ0) is 15.3. The third kappa shape index (κ3) is 3.82. The highest BCUT2D eigenvalue weighted by Crippen LogP contribution is 2.31. The molecule has 1 rings (SSSR count). The van der Waals surface area contributed by atoms with Gasteiger partial charge in [-0.1, -0.05) is 13.8 Å². The van der Waals surface area contributed by atoms with Gasteiger partial charge in [0, 0.05) is 16.2 Å². The molecule has 0 saturated heterocycles. The number of carboxylic acid groups (broad SMARTS) is 1. The van der Waals surface area contributed by atoms with Gasteiger partial charge in [0.05, 0.1) is 12.0 Å². The first-order valence-electron chi connectivity index (χ1n) is 6.90. The molecule has 0 aliphatic carbocycles. The van der Waals surface area contributed by atoms with Gasteiger partial charge in [-0.3, -0.25) is 9.59 Å². The molecular weight excluding hydrogens is 274 g/mol. The van der Waals surface area contributed by atoms with Crippen molar-refractivity contribution >= 4 is 23.2 Å². The van der Waals surface area contributed by atoms with E-state index in [9.17, 15) is 14.7 Å². The van der Waals surface area contributed by atoms with Gasteiger partial charge in [-0.05, 0) is 38.3 Å². The summed E-state index contributed by atoms with van der Waals surface area (Å²) < 4.78 is 0. The minimum atomic E-state index is -0.939. The standard InChI is InChI=1S/C15H23NO3S/c1-5-15(6-2,14(18)19)8-13(17)16-9-12-7-10(3)11(4)20-12/h7H,5-6,8-9H2,1-4H3,(H,16,17)(H,18,19). The lowest BCUT2D eigenvalue weighted by atomic mass is 9.79. The molecule has 0 unspecified atom stereocenters. The van der Waals surface area contributed by atoms with E-state index in [0.717, 1.165) is 4.88 Å². The van der Waals surface area contributed by atoms with Crippen molar-refractivity contribution in [3.63, 3.8) is 0 Å². The molecule has 112 valence electrons. The molecule has 0 bridgehead atoms. The highest BCUT2D eigenvalue weighted by atomic mass is 32.1. The fourth-order valence-electron chi connectivity index (χ4n) is 2.17. The quantitative estimate of drug-likeness (QED) is 0.811. The minimum absolute atomic E-state index is 0.0404. The van der Waals surface area contributed by atoms with E-state index in [1.54, 1.807) is 11.3 Å². The van der Waals surface area contributed by atoms with Crippen LogP contribution in [0.3, 0.4) is 0 Å². The van der Waals surface area contributed by atoms with Gasteiger partial charge in [0.1, 0.15) is 0 Å². The minimum Gasteiger partial charge on any atom is -0.481 e. The lowest BCUT2D eigenvalue weighted by molar-refractivity contribution is -0.152. The molecule has 0 atom stereocenters. The Kier molecular flexibility index (Phi) is 5.74. The van der Waals surface area contributed by atoms with Crippen molar-refractivity contribution in [1.29, 1.82) is 0 Å². The van der Waals surface area contributed by atoms with E-state index in [0.29, 0.717) is 19.4 Å². The molecule has 0 aliphatic rings. The Hall–Kier alpha value is -1.36. The van der Waals surface area contributed by atoms with Crippen LogP contribution in [0.1, 0.15) is 48.4 Å². The third-order valence-electron chi connectivity index (χ3n) is 3.98. The molecule has 1 amide bonds. The molecule has 2 N–H and O–H groups in total. The van der Waals surface area contributed by atoms with Crippen LogP contribution in [0.4, 0.5) is 0 Å². The summed E-state index contributed by atoms with van der Waals surface area (Å²) in [6.07, 6.45) is 0.964. The van der Waals surface area contributed by atoms with Crippen LogP contribution >= 0.6 is 11.3 Å². The number of aliphatic carboxylic acids is 1. The van der Waals surface area contributed by atoms with E-state index in [2.05, 4.69) is 18.3 Å². The molecule has 0 saturated carbocycles. The summed E-state index contributed by atoms with van der Waals surface area (Å²) in [5.41, 5.74) is 0.284. The number of thiophene rings is 1. The zero-order valence-corrected chi connectivity index (χ0v) is 13.4. The molecule has 0 fully saturated rings. The van der Waals surface area contributed by atoms with Gasteiger partial charge in [0.15, 0.2) is 0 Å². The van der Waals surface area contributed by atoms with E-state index in [1.165, 1.54) is 10.4 Å². The number of rotatable bonds is 7. The Morgan fingerprint density at radius 1 is 1.30 bits per heavy atom. The second-order valence-corrected chi connectivity index (χ2v) is 6.54. The number of carboxylic acids is 1. The monoisotopic (exact) mass is 297 g/mol. The molecular formula is C15H23NO3S. The van der Waals surface area contributed by atoms with Crippen LogP contribution in [0.15, 0.2) is 6.07 Å². The molecule has 20 heavy (non-hydrogen) atoms. The Morgan fingerprint density at radius 2 is 1.90 bits per heavy atom. The summed E-state index contributed by atoms with van der Waals surface area (Å²) in [7, 11) is 0. The summed E-state index contributed by atoms with van der Waals surface area (Å²) in [5.74, 6) is -1.08. The molecule has 0 radical (unpaired) electrons. The topological polar surface area (TPSA) is 66.4 Å². The molecule has 1 heterocycles. The zero-order valence-electron chi connectivity index (χ0n) is 12.6. The lowest BCUT2D eigenvalue weighted by Crippen LogP contribution is -2.36. The van der Waals surface area contributed by atoms with Gasteiger partial charge in [-0.25, -0.2) is 0 Å². The summed E-state index contributed by atoms with van der Waals surface area (Å²) in [4.78, 5) is 25.7. The highest BCUT2D eigenvalue weighted by Gasteiger charge is 2.36. The smallest absolute Gasteiger partial charge is 0.310 e. The second-order valence-electron chi connectivity index (χ2n) is 5.20. The summed E-state index contributed by atoms with van der Waals surface area (Å²) >= 11 is 1.66. The van der Waals surface area contributed by atoms with Gasteiger partial charge < -0.3 is 10.4 Å². The number of nitrogens with one attached hydrogen (secondary N) is 1. The largest absolute Gasteiger partial charge is 0.481 e. The predicted molar refractivity (Wildman–Crippen MR) is 80.9 cm³/mol. The number of aryl methyl sites for hydroxylation is 2. The number of hydrogen-bond donors (Lipinski definition) is 2. The summed E-state index contributed by atoms with van der Waals surface area (Å²) in [6, 6.07) is 2.06. The second kappa shape index (κ2) is 6.88. The first kappa shape index (κ1) is 16.7. The molecule has 0 spiro atoms. The molecule has 4 nitrogen and oxygen atoms in total. The molecule has 1 aromatic heterocycles.